The minimum absolute atomic E-state index is 0.105. The molecule has 0 atom stereocenters. The number of nitrogens with zero attached hydrogens (tertiary/aromatic N) is 2. The number of rotatable bonds is 4. The highest BCUT2D eigenvalue weighted by atomic mass is 35.5. The number of hydrogen-bond donors (Lipinski definition) is 1. The summed E-state index contributed by atoms with van der Waals surface area (Å²) in [5.41, 5.74) is 3.25. The third kappa shape index (κ3) is 3.63. The number of carbonyl (C=O) groups is 1. The number of carbonyl (C=O) groups excluding carboxylic acids is 1. The lowest BCUT2D eigenvalue weighted by molar-refractivity contribution is -0.121. The maximum atomic E-state index is 13.8. The Morgan fingerprint density at radius 1 is 1.03 bits per heavy atom. The van der Waals surface area contributed by atoms with Crippen molar-refractivity contribution in [3.05, 3.63) is 75.9 Å². The van der Waals surface area contributed by atoms with Crippen LogP contribution in [0.1, 0.15) is 48.1 Å². The normalized spacial score (nSPS) is 18.4. The van der Waals surface area contributed by atoms with Crippen molar-refractivity contribution in [3.8, 4) is 5.69 Å². The Bertz CT molecular complexity index is 1290. The number of anilines is 1. The van der Waals surface area contributed by atoms with Gasteiger partial charge in [-0.15, -0.1) is 0 Å². The van der Waals surface area contributed by atoms with Crippen molar-refractivity contribution in [2.24, 2.45) is 0 Å². The number of hydrogen-bond acceptors (Lipinski definition) is 4. The summed E-state index contributed by atoms with van der Waals surface area (Å²) in [6.45, 7) is 2.00. The summed E-state index contributed by atoms with van der Waals surface area (Å²) in [5, 5.41) is 8.31. The van der Waals surface area contributed by atoms with Crippen LogP contribution in [-0.4, -0.2) is 24.1 Å². The van der Waals surface area contributed by atoms with Crippen LogP contribution in [0.3, 0.4) is 0 Å². The fraction of sp³-hybridized carbons (Fsp3) is 0.333. The lowest BCUT2D eigenvalue weighted by Crippen LogP contribution is -2.38. The summed E-state index contributed by atoms with van der Waals surface area (Å²) >= 11 is 6.08. The van der Waals surface area contributed by atoms with Gasteiger partial charge in [-0.25, -0.2) is 13.1 Å². The Morgan fingerprint density at radius 3 is 2.34 bits per heavy atom. The number of amides is 1. The zero-order valence-corrected chi connectivity index (χ0v) is 19.3. The fourth-order valence-corrected chi connectivity index (χ4v) is 6.48. The average molecular weight is 470 g/mol. The zero-order valence-electron chi connectivity index (χ0n) is 17.8. The van der Waals surface area contributed by atoms with Crippen molar-refractivity contribution in [2.75, 3.05) is 5.32 Å². The maximum Gasteiger partial charge on any atom is 0.236 e. The van der Waals surface area contributed by atoms with Gasteiger partial charge < -0.3 is 5.32 Å². The molecule has 166 valence electrons. The van der Waals surface area contributed by atoms with Crippen LogP contribution in [0, 0.1) is 6.92 Å². The average Bonchev–Trinajstić information content (AvgIpc) is 3.44. The van der Waals surface area contributed by atoms with E-state index in [1.54, 1.807) is 4.68 Å². The van der Waals surface area contributed by atoms with E-state index in [0.29, 0.717) is 22.1 Å². The Hall–Kier alpha value is -2.64. The van der Waals surface area contributed by atoms with Crippen LogP contribution < -0.4 is 5.32 Å². The molecule has 0 saturated heterocycles. The van der Waals surface area contributed by atoms with Gasteiger partial charge in [0.25, 0.3) is 0 Å². The monoisotopic (exact) mass is 469 g/mol. The van der Waals surface area contributed by atoms with E-state index in [-0.39, 0.29) is 17.4 Å². The van der Waals surface area contributed by atoms with E-state index in [1.165, 1.54) is 0 Å². The second-order valence-corrected chi connectivity index (χ2v) is 11.3. The summed E-state index contributed by atoms with van der Waals surface area (Å²) in [7, 11) is -3.26. The lowest BCUT2D eigenvalue weighted by atomic mass is 9.78. The first kappa shape index (κ1) is 21.2. The number of fused-ring (bicyclic) bond motifs is 1. The fourth-order valence-electron chi connectivity index (χ4n) is 4.87. The van der Waals surface area contributed by atoms with E-state index in [4.69, 9.17) is 11.6 Å². The lowest BCUT2D eigenvalue weighted by Gasteiger charge is -2.28. The minimum atomic E-state index is -3.26. The molecular weight excluding hydrogens is 446 g/mol. The van der Waals surface area contributed by atoms with Gasteiger partial charge in [0, 0.05) is 10.6 Å². The predicted octanol–water partition coefficient (Wildman–Crippen LogP) is 4.71. The van der Waals surface area contributed by atoms with Crippen LogP contribution >= 0.6 is 11.6 Å². The number of nitrogens with one attached hydrogen (secondary N) is 1. The van der Waals surface area contributed by atoms with Gasteiger partial charge in [0.1, 0.15) is 5.82 Å². The molecule has 0 spiro atoms. The van der Waals surface area contributed by atoms with Gasteiger partial charge in [-0.1, -0.05) is 54.3 Å². The third-order valence-electron chi connectivity index (χ3n) is 6.59. The molecule has 0 unspecified atom stereocenters. The zero-order chi connectivity index (χ0) is 22.5. The van der Waals surface area contributed by atoms with Crippen LogP contribution in [0.5, 0.6) is 0 Å². The van der Waals surface area contributed by atoms with Crippen LogP contribution in [0.15, 0.2) is 48.5 Å². The highest BCUT2D eigenvalue weighted by molar-refractivity contribution is 7.90. The van der Waals surface area contributed by atoms with Gasteiger partial charge in [0.2, 0.25) is 5.91 Å². The molecule has 1 N–H and O–H groups in total. The van der Waals surface area contributed by atoms with Crippen molar-refractivity contribution in [1.82, 2.24) is 9.78 Å². The molecule has 8 heteroatoms. The highest BCUT2D eigenvalue weighted by Gasteiger charge is 2.44. The van der Waals surface area contributed by atoms with Crippen LogP contribution in [0.25, 0.3) is 5.69 Å². The van der Waals surface area contributed by atoms with Gasteiger partial charge in [-0.3, -0.25) is 4.79 Å². The Labute approximate surface area is 192 Å². The van der Waals surface area contributed by atoms with Crippen LogP contribution in [0.4, 0.5) is 5.82 Å². The second-order valence-electron chi connectivity index (χ2n) is 8.80. The highest BCUT2D eigenvalue weighted by Crippen LogP contribution is 2.43. The minimum Gasteiger partial charge on any atom is -0.310 e. The number of sulfone groups is 1. The van der Waals surface area contributed by atoms with Crippen molar-refractivity contribution < 1.29 is 13.2 Å². The molecule has 0 radical (unpaired) electrons. The van der Waals surface area contributed by atoms with Gasteiger partial charge in [0.05, 0.1) is 28.3 Å². The van der Waals surface area contributed by atoms with Gasteiger partial charge in [-0.05, 0) is 49.6 Å². The van der Waals surface area contributed by atoms with E-state index in [1.807, 2.05) is 55.5 Å². The molecule has 32 heavy (non-hydrogen) atoms. The summed E-state index contributed by atoms with van der Waals surface area (Å²) in [6, 6.07) is 15.2. The van der Waals surface area contributed by atoms with Crippen molar-refractivity contribution in [2.45, 2.75) is 49.5 Å². The molecule has 1 aromatic heterocycles. The summed E-state index contributed by atoms with van der Waals surface area (Å²) in [5.74, 6) is 0.109. The topological polar surface area (TPSA) is 81.1 Å². The van der Waals surface area contributed by atoms with Crippen LogP contribution in [0.2, 0.25) is 5.02 Å². The van der Waals surface area contributed by atoms with Gasteiger partial charge in [0.15, 0.2) is 9.84 Å². The first-order chi connectivity index (χ1) is 15.3. The van der Waals surface area contributed by atoms with Gasteiger partial charge in [-0.2, -0.15) is 5.10 Å². The third-order valence-corrected chi connectivity index (χ3v) is 8.28. The molecule has 3 aromatic rings. The molecule has 5 rings (SSSR count). The largest absolute Gasteiger partial charge is 0.310 e. The van der Waals surface area contributed by atoms with E-state index in [0.717, 1.165) is 42.5 Å². The Kier molecular flexibility index (Phi) is 5.13. The first-order valence-corrected chi connectivity index (χ1v) is 12.9. The molecule has 6 nitrogen and oxygen atoms in total. The van der Waals surface area contributed by atoms with Gasteiger partial charge >= 0.3 is 0 Å². The number of benzene rings is 2. The molecule has 1 aliphatic carbocycles. The maximum absolute atomic E-state index is 13.8. The summed E-state index contributed by atoms with van der Waals surface area (Å²) in [4.78, 5) is 13.8. The Morgan fingerprint density at radius 2 is 1.69 bits per heavy atom. The number of halogens is 1. The first-order valence-electron chi connectivity index (χ1n) is 10.7. The van der Waals surface area contributed by atoms with E-state index < -0.39 is 15.3 Å². The molecular formula is C24H24ClN3O3S. The molecule has 1 fully saturated rings. The SMILES string of the molecule is Cc1ccc(-n2nc3c(c2NC(=O)C2(c4ccc(Cl)cc4)CCCC2)CS(=O)(=O)C3)cc1. The molecule has 2 aliphatic rings. The molecule has 0 bridgehead atoms. The quantitative estimate of drug-likeness (QED) is 0.599. The Balaban J connectivity index is 1.57. The number of aromatic nitrogens is 2. The predicted molar refractivity (Wildman–Crippen MR) is 125 cm³/mol. The molecule has 1 amide bonds. The standard InChI is InChI=1S/C24H24ClN3O3S/c1-16-4-10-19(11-5-16)28-22(20-14-32(30,31)15-21(20)27-28)26-23(29)24(12-2-3-13-24)17-6-8-18(25)9-7-17/h4-11H,2-3,12-15H2,1H3,(H,26,29). The van der Waals surface area contributed by atoms with Crippen molar-refractivity contribution in [3.63, 3.8) is 0 Å². The van der Waals surface area contributed by atoms with Crippen LogP contribution in [-0.2, 0) is 31.6 Å². The summed E-state index contributed by atoms with van der Waals surface area (Å²) < 4.78 is 26.2. The van der Waals surface area contributed by atoms with Crippen molar-refractivity contribution >= 4 is 33.2 Å². The smallest absolute Gasteiger partial charge is 0.236 e. The number of aryl methyl sites for hydroxylation is 1. The molecule has 1 saturated carbocycles. The van der Waals surface area contributed by atoms with E-state index >= 15 is 0 Å². The van der Waals surface area contributed by atoms with Crippen molar-refractivity contribution in [1.29, 1.82) is 0 Å². The molecule has 2 heterocycles. The van der Waals surface area contributed by atoms with E-state index in [2.05, 4.69) is 10.4 Å². The summed E-state index contributed by atoms with van der Waals surface area (Å²) in [6.07, 6.45) is 3.39. The van der Waals surface area contributed by atoms with E-state index in [9.17, 15) is 13.2 Å². The second kappa shape index (κ2) is 7.74. The molecule has 1 aliphatic heterocycles. The molecule has 2 aromatic carbocycles.